The summed E-state index contributed by atoms with van der Waals surface area (Å²) in [4.78, 5) is 21.3. The molecular weight excluding hydrogens is 390 g/mol. The molecule has 0 spiro atoms. The predicted molar refractivity (Wildman–Crippen MR) is 119 cm³/mol. The number of pyridine rings is 1. The number of fused-ring (bicyclic) bond motifs is 4. The van der Waals surface area contributed by atoms with Gasteiger partial charge < -0.3 is 14.9 Å². The van der Waals surface area contributed by atoms with Gasteiger partial charge in [0.1, 0.15) is 11.9 Å². The van der Waals surface area contributed by atoms with Crippen molar-refractivity contribution in [1.82, 2.24) is 14.3 Å². The first-order valence-corrected chi connectivity index (χ1v) is 10.9. The number of nitriles is 1. The maximum atomic E-state index is 12.2. The molecule has 160 valence electrons. The van der Waals surface area contributed by atoms with Crippen LogP contribution < -0.4 is 4.90 Å². The number of aromatic nitrogens is 2. The van der Waals surface area contributed by atoms with Gasteiger partial charge in [-0.1, -0.05) is 19.1 Å². The zero-order valence-corrected chi connectivity index (χ0v) is 18.1. The molecule has 1 saturated heterocycles. The molecule has 0 aliphatic carbocycles. The molecule has 4 heterocycles. The van der Waals surface area contributed by atoms with E-state index in [1.54, 1.807) is 6.92 Å². The molecule has 1 N–H and O–H groups in total. The summed E-state index contributed by atoms with van der Waals surface area (Å²) in [5, 5.41) is 19.9. The molecule has 7 nitrogen and oxygen atoms in total. The van der Waals surface area contributed by atoms with Crippen LogP contribution in [0.2, 0.25) is 0 Å². The second kappa shape index (κ2) is 7.24. The fourth-order valence-corrected chi connectivity index (χ4v) is 5.06. The summed E-state index contributed by atoms with van der Waals surface area (Å²) in [5.41, 5.74) is 5.17. The van der Waals surface area contributed by atoms with Gasteiger partial charge in [-0.3, -0.25) is 9.20 Å². The first kappa shape index (κ1) is 19.8. The maximum Gasteiger partial charge on any atom is 0.219 e. The number of hydrogen-bond acceptors (Lipinski definition) is 5. The molecule has 1 aromatic carbocycles. The first-order chi connectivity index (χ1) is 15.0. The molecule has 1 amide bonds. The minimum absolute atomic E-state index is 0.0530. The number of aliphatic hydroxyl groups is 1. The lowest BCUT2D eigenvalue weighted by molar-refractivity contribution is -0.129. The van der Waals surface area contributed by atoms with Crippen LogP contribution >= 0.6 is 0 Å². The maximum absolute atomic E-state index is 12.2. The quantitative estimate of drug-likeness (QED) is 0.693. The van der Waals surface area contributed by atoms with E-state index < -0.39 is 0 Å². The molecule has 0 saturated carbocycles. The Bertz CT molecular complexity index is 1230. The van der Waals surface area contributed by atoms with Gasteiger partial charge in [-0.15, -0.1) is 0 Å². The summed E-state index contributed by atoms with van der Waals surface area (Å²) in [6, 6.07) is 10.4. The lowest BCUT2D eigenvalue weighted by Gasteiger charge is -2.41. The molecule has 2 aliphatic rings. The predicted octanol–water partition coefficient (Wildman–Crippen LogP) is 2.86. The largest absolute Gasteiger partial charge is 0.396 e. The first-order valence-electron chi connectivity index (χ1n) is 10.9. The molecule has 2 aromatic heterocycles. The Balaban J connectivity index is 1.79. The van der Waals surface area contributed by atoms with E-state index >= 15 is 0 Å². The highest BCUT2D eigenvalue weighted by molar-refractivity contribution is 5.87. The third-order valence-corrected chi connectivity index (χ3v) is 7.12. The molecule has 7 heteroatoms. The van der Waals surface area contributed by atoms with Crippen LogP contribution in [-0.4, -0.2) is 51.5 Å². The topological polar surface area (TPSA) is 84.9 Å². The highest BCUT2D eigenvalue weighted by atomic mass is 16.3. The van der Waals surface area contributed by atoms with Gasteiger partial charge in [-0.25, -0.2) is 4.98 Å². The number of imidazole rings is 1. The van der Waals surface area contributed by atoms with Crippen LogP contribution in [0.15, 0.2) is 24.3 Å². The van der Waals surface area contributed by atoms with Crippen molar-refractivity contribution in [2.24, 2.45) is 5.41 Å². The summed E-state index contributed by atoms with van der Waals surface area (Å²) < 4.78 is 2.12. The smallest absolute Gasteiger partial charge is 0.219 e. The van der Waals surface area contributed by atoms with Crippen molar-refractivity contribution in [3.8, 4) is 6.07 Å². The average molecular weight is 418 g/mol. The molecule has 1 fully saturated rings. The third-order valence-electron chi connectivity index (χ3n) is 7.12. The zero-order chi connectivity index (χ0) is 21.8. The number of benzene rings is 1. The lowest BCUT2D eigenvalue weighted by Crippen LogP contribution is -2.43. The average Bonchev–Trinajstić information content (AvgIpc) is 3.17. The number of amides is 1. The zero-order valence-electron chi connectivity index (χ0n) is 18.1. The Hall–Kier alpha value is -3.11. The SMILES string of the molecule is CC(=O)N1CCc2c(c(N3CCC(C)(CO)CC3)n3c(nc4ccccc43)c2C#N)C1. The van der Waals surface area contributed by atoms with E-state index in [0.29, 0.717) is 30.7 Å². The number of nitrogens with zero attached hydrogens (tertiary/aromatic N) is 5. The summed E-state index contributed by atoms with van der Waals surface area (Å²) in [5.74, 6) is 1.10. The van der Waals surface area contributed by atoms with E-state index in [1.165, 1.54) is 0 Å². The van der Waals surface area contributed by atoms with E-state index in [9.17, 15) is 15.2 Å². The van der Waals surface area contributed by atoms with E-state index in [1.807, 2.05) is 29.2 Å². The Kier molecular flexibility index (Phi) is 4.63. The number of carbonyl (C=O) groups excluding carboxylic acids is 1. The Morgan fingerprint density at radius 1 is 1.23 bits per heavy atom. The van der Waals surface area contributed by atoms with Gasteiger partial charge >= 0.3 is 0 Å². The third kappa shape index (κ3) is 3.05. The molecule has 0 radical (unpaired) electrons. The van der Waals surface area contributed by atoms with Gasteiger partial charge in [0, 0.05) is 45.3 Å². The monoisotopic (exact) mass is 417 g/mol. The molecule has 0 atom stereocenters. The van der Waals surface area contributed by atoms with E-state index in [4.69, 9.17) is 4.98 Å². The van der Waals surface area contributed by atoms with Crippen molar-refractivity contribution in [2.75, 3.05) is 31.1 Å². The van der Waals surface area contributed by atoms with Crippen LogP contribution in [0.3, 0.4) is 0 Å². The normalized spacial score (nSPS) is 18.3. The van der Waals surface area contributed by atoms with E-state index in [2.05, 4.69) is 22.3 Å². The number of rotatable bonds is 2. The molecule has 3 aromatic rings. The van der Waals surface area contributed by atoms with Crippen molar-refractivity contribution in [1.29, 1.82) is 5.26 Å². The standard InChI is InChI=1S/C24H27N5O2/c1-16(31)28-10-7-17-18(13-25)22-26-20-5-3-4-6-21(20)29(22)23(19(17)14-28)27-11-8-24(2,15-30)9-12-27/h3-6,30H,7-12,14-15H2,1-2H3. The van der Waals surface area contributed by atoms with E-state index in [0.717, 1.165) is 53.9 Å². The number of anilines is 1. The fraction of sp³-hybridized carbons (Fsp3) is 0.458. The van der Waals surface area contributed by atoms with Gasteiger partial charge in [0.15, 0.2) is 5.65 Å². The van der Waals surface area contributed by atoms with Crippen molar-refractivity contribution in [2.45, 2.75) is 39.7 Å². The molecule has 0 bridgehead atoms. The number of hydrogen-bond donors (Lipinski definition) is 1. The van der Waals surface area contributed by atoms with Crippen LogP contribution in [0.25, 0.3) is 16.7 Å². The van der Waals surface area contributed by atoms with Crippen molar-refractivity contribution >= 4 is 28.4 Å². The number of carbonyl (C=O) groups is 1. The van der Waals surface area contributed by atoms with Gasteiger partial charge in [-0.05, 0) is 42.4 Å². The van der Waals surface area contributed by atoms with Gasteiger partial charge in [-0.2, -0.15) is 5.26 Å². The number of piperidine rings is 1. The van der Waals surface area contributed by atoms with Crippen molar-refractivity contribution in [3.05, 3.63) is 41.0 Å². The van der Waals surface area contributed by atoms with E-state index in [-0.39, 0.29) is 17.9 Å². The number of aliphatic hydroxyl groups excluding tert-OH is 1. The van der Waals surface area contributed by atoms with Crippen LogP contribution in [0.1, 0.15) is 43.4 Å². The Morgan fingerprint density at radius 3 is 2.65 bits per heavy atom. The Labute approximate surface area is 181 Å². The molecular formula is C24H27N5O2. The van der Waals surface area contributed by atoms with Crippen molar-refractivity contribution < 1.29 is 9.90 Å². The van der Waals surface area contributed by atoms with Crippen LogP contribution in [-0.2, 0) is 17.8 Å². The molecule has 5 rings (SSSR count). The molecule has 2 aliphatic heterocycles. The second-order valence-corrected chi connectivity index (χ2v) is 9.17. The highest BCUT2D eigenvalue weighted by Gasteiger charge is 2.34. The highest BCUT2D eigenvalue weighted by Crippen LogP contribution is 2.39. The second-order valence-electron chi connectivity index (χ2n) is 9.17. The minimum Gasteiger partial charge on any atom is -0.396 e. The van der Waals surface area contributed by atoms with Gasteiger partial charge in [0.05, 0.1) is 16.6 Å². The Morgan fingerprint density at radius 2 is 1.97 bits per heavy atom. The minimum atomic E-state index is -0.0648. The summed E-state index contributed by atoms with van der Waals surface area (Å²) >= 11 is 0. The summed E-state index contributed by atoms with van der Waals surface area (Å²) in [6.07, 6.45) is 2.44. The summed E-state index contributed by atoms with van der Waals surface area (Å²) in [6.45, 7) is 6.69. The van der Waals surface area contributed by atoms with Gasteiger partial charge in [0.2, 0.25) is 5.91 Å². The lowest BCUT2D eigenvalue weighted by atomic mass is 9.81. The molecule has 0 unspecified atom stereocenters. The van der Waals surface area contributed by atoms with Crippen LogP contribution in [0.5, 0.6) is 0 Å². The van der Waals surface area contributed by atoms with Crippen LogP contribution in [0, 0.1) is 16.7 Å². The fourth-order valence-electron chi connectivity index (χ4n) is 5.06. The number of para-hydroxylation sites is 2. The molecule has 31 heavy (non-hydrogen) atoms. The van der Waals surface area contributed by atoms with Crippen molar-refractivity contribution in [3.63, 3.8) is 0 Å². The summed E-state index contributed by atoms with van der Waals surface area (Å²) in [7, 11) is 0. The van der Waals surface area contributed by atoms with Gasteiger partial charge in [0.25, 0.3) is 0 Å². The van der Waals surface area contributed by atoms with Crippen LogP contribution in [0.4, 0.5) is 5.82 Å².